The number of carbonyl (C=O) groups is 2. The second kappa shape index (κ2) is 5.90. The van der Waals surface area contributed by atoms with Crippen molar-refractivity contribution in [2.75, 3.05) is 7.05 Å². The lowest BCUT2D eigenvalue weighted by atomic mass is 9.86. The predicted molar refractivity (Wildman–Crippen MR) is 69.7 cm³/mol. The monoisotopic (exact) mass is 269 g/mol. The summed E-state index contributed by atoms with van der Waals surface area (Å²) in [4.78, 5) is 24.9. The largest absolute Gasteiger partial charge is 0.479 e. The lowest BCUT2D eigenvalue weighted by Gasteiger charge is -2.34. The highest BCUT2D eigenvalue weighted by molar-refractivity contribution is 5.82. The Bertz CT molecular complexity index is 349. The molecule has 0 bridgehead atoms. The predicted octanol–water partition coefficient (Wildman–Crippen LogP) is 1.66. The number of likely N-dealkylation sites (N-methyl/N-ethyl adjacent to an activating group) is 1. The van der Waals surface area contributed by atoms with Crippen molar-refractivity contribution < 1.29 is 19.4 Å². The first-order valence-electron chi connectivity index (χ1n) is 7.14. The number of carboxylic acids is 1. The van der Waals surface area contributed by atoms with Gasteiger partial charge >= 0.3 is 5.97 Å². The van der Waals surface area contributed by atoms with E-state index >= 15 is 0 Å². The highest BCUT2D eigenvalue weighted by Gasteiger charge is 2.37. The van der Waals surface area contributed by atoms with E-state index in [1.165, 1.54) is 0 Å². The van der Waals surface area contributed by atoms with Crippen LogP contribution >= 0.6 is 0 Å². The average molecular weight is 269 g/mol. The van der Waals surface area contributed by atoms with E-state index in [0.29, 0.717) is 12.8 Å². The number of nitrogens with zero attached hydrogens (tertiary/aromatic N) is 1. The van der Waals surface area contributed by atoms with E-state index in [1.807, 2.05) is 7.05 Å². The van der Waals surface area contributed by atoms with Gasteiger partial charge in [-0.15, -0.1) is 0 Å². The molecule has 108 valence electrons. The van der Waals surface area contributed by atoms with E-state index in [4.69, 9.17) is 9.84 Å². The van der Waals surface area contributed by atoms with Gasteiger partial charge in [-0.2, -0.15) is 0 Å². The normalized spacial score (nSPS) is 35.1. The van der Waals surface area contributed by atoms with Crippen molar-refractivity contribution >= 4 is 11.9 Å². The molecule has 1 heterocycles. The fraction of sp³-hybridized carbons (Fsp3) is 0.857. The van der Waals surface area contributed by atoms with Crippen molar-refractivity contribution in [3.05, 3.63) is 0 Å². The molecular weight excluding hydrogens is 246 g/mol. The minimum Gasteiger partial charge on any atom is -0.479 e. The van der Waals surface area contributed by atoms with Crippen molar-refractivity contribution in [2.45, 2.75) is 63.7 Å². The van der Waals surface area contributed by atoms with Crippen molar-refractivity contribution in [3.8, 4) is 0 Å². The van der Waals surface area contributed by atoms with Gasteiger partial charge in [0, 0.05) is 13.1 Å². The van der Waals surface area contributed by atoms with Crippen LogP contribution in [0.5, 0.6) is 0 Å². The first-order valence-corrected chi connectivity index (χ1v) is 7.14. The van der Waals surface area contributed by atoms with E-state index in [0.717, 1.165) is 31.6 Å². The molecule has 0 aromatic carbocycles. The Morgan fingerprint density at radius 2 is 1.63 bits per heavy atom. The molecule has 1 saturated carbocycles. The second-order valence-electron chi connectivity index (χ2n) is 5.89. The van der Waals surface area contributed by atoms with Crippen molar-refractivity contribution in [3.63, 3.8) is 0 Å². The van der Waals surface area contributed by atoms with Crippen LogP contribution in [0.3, 0.4) is 0 Å². The van der Waals surface area contributed by atoms with Crippen LogP contribution < -0.4 is 0 Å². The SMILES string of the molecule is CC1CCC(N(C)C(=O)[C@@H]2CC[C@H](C(=O)O)O2)CC1. The summed E-state index contributed by atoms with van der Waals surface area (Å²) in [6, 6.07) is 0.288. The summed E-state index contributed by atoms with van der Waals surface area (Å²) < 4.78 is 5.33. The summed E-state index contributed by atoms with van der Waals surface area (Å²) in [5, 5.41) is 8.88. The summed E-state index contributed by atoms with van der Waals surface area (Å²) in [5.41, 5.74) is 0. The molecule has 2 atom stereocenters. The zero-order valence-electron chi connectivity index (χ0n) is 11.7. The Morgan fingerprint density at radius 3 is 2.16 bits per heavy atom. The third-order valence-electron chi connectivity index (χ3n) is 4.45. The number of amides is 1. The highest BCUT2D eigenvalue weighted by atomic mass is 16.5. The Kier molecular flexibility index (Phi) is 4.45. The van der Waals surface area contributed by atoms with Crippen LogP contribution in [0.2, 0.25) is 0 Å². The maximum absolute atomic E-state index is 12.3. The van der Waals surface area contributed by atoms with Gasteiger partial charge < -0.3 is 14.7 Å². The maximum atomic E-state index is 12.3. The average Bonchev–Trinajstić information content (AvgIpc) is 2.87. The molecule has 0 radical (unpaired) electrons. The molecule has 1 aliphatic heterocycles. The van der Waals surface area contributed by atoms with Gasteiger partial charge in [0.25, 0.3) is 5.91 Å². The topological polar surface area (TPSA) is 66.8 Å². The highest BCUT2D eigenvalue weighted by Crippen LogP contribution is 2.28. The molecule has 19 heavy (non-hydrogen) atoms. The van der Waals surface area contributed by atoms with Gasteiger partial charge in [-0.25, -0.2) is 4.79 Å². The molecule has 0 spiro atoms. The summed E-state index contributed by atoms with van der Waals surface area (Å²) in [6.45, 7) is 2.25. The van der Waals surface area contributed by atoms with Gasteiger partial charge in [-0.1, -0.05) is 6.92 Å². The number of carbonyl (C=O) groups excluding carboxylic acids is 1. The Labute approximate surface area is 113 Å². The molecule has 1 saturated heterocycles. The van der Waals surface area contributed by atoms with Crippen molar-refractivity contribution in [1.29, 1.82) is 0 Å². The molecule has 1 aliphatic carbocycles. The van der Waals surface area contributed by atoms with Gasteiger partial charge in [-0.05, 0) is 44.4 Å². The van der Waals surface area contributed by atoms with Gasteiger partial charge in [0.1, 0.15) is 6.10 Å². The van der Waals surface area contributed by atoms with Gasteiger partial charge in [0.15, 0.2) is 6.10 Å². The van der Waals surface area contributed by atoms with E-state index in [1.54, 1.807) is 4.90 Å². The number of rotatable bonds is 3. The maximum Gasteiger partial charge on any atom is 0.332 e. The molecule has 2 rings (SSSR count). The third-order valence-corrected chi connectivity index (χ3v) is 4.45. The van der Waals surface area contributed by atoms with E-state index in [-0.39, 0.29) is 11.9 Å². The minimum absolute atomic E-state index is 0.0525. The molecule has 1 N–H and O–H groups in total. The van der Waals surface area contributed by atoms with Crippen LogP contribution in [-0.4, -0.2) is 47.2 Å². The summed E-state index contributed by atoms with van der Waals surface area (Å²) >= 11 is 0. The smallest absolute Gasteiger partial charge is 0.332 e. The van der Waals surface area contributed by atoms with Crippen molar-refractivity contribution in [2.24, 2.45) is 5.92 Å². The fourth-order valence-corrected chi connectivity index (χ4v) is 3.04. The van der Waals surface area contributed by atoms with Crippen LogP contribution in [0.15, 0.2) is 0 Å². The van der Waals surface area contributed by atoms with Crippen LogP contribution in [0.25, 0.3) is 0 Å². The van der Waals surface area contributed by atoms with Crippen LogP contribution in [0.1, 0.15) is 45.4 Å². The molecule has 5 heteroatoms. The van der Waals surface area contributed by atoms with Gasteiger partial charge in [0.2, 0.25) is 0 Å². The Hall–Kier alpha value is -1.10. The first-order chi connectivity index (χ1) is 8.99. The summed E-state index contributed by atoms with van der Waals surface area (Å²) in [6.07, 6.45) is 3.97. The van der Waals surface area contributed by atoms with Crippen LogP contribution in [-0.2, 0) is 14.3 Å². The molecule has 2 fully saturated rings. The lowest BCUT2D eigenvalue weighted by molar-refractivity contribution is -0.155. The zero-order valence-corrected chi connectivity index (χ0v) is 11.7. The molecular formula is C14H23NO4. The standard InChI is InChI=1S/C14H23NO4/c1-9-3-5-10(6-4-9)15(2)13(16)11-7-8-12(19-11)14(17)18/h9-12H,3-8H2,1-2H3,(H,17,18)/t9?,10?,11-,12+/m0/s1. The fourth-order valence-electron chi connectivity index (χ4n) is 3.04. The number of aliphatic carboxylic acids is 1. The Balaban J connectivity index is 1.87. The summed E-state index contributed by atoms with van der Waals surface area (Å²) in [5.74, 6) is -0.272. The summed E-state index contributed by atoms with van der Waals surface area (Å²) in [7, 11) is 1.82. The van der Waals surface area contributed by atoms with E-state index < -0.39 is 18.2 Å². The van der Waals surface area contributed by atoms with Gasteiger partial charge in [0.05, 0.1) is 0 Å². The van der Waals surface area contributed by atoms with E-state index in [9.17, 15) is 9.59 Å². The number of ether oxygens (including phenoxy) is 1. The molecule has 0 unspecified atom stereocenters. The molecule has 5 nitrogen and oxygen atoms in total. The molecule has 0 aromatic heterocycles. The number of hydrogen-bond acceptors (Lipinski definition) is 3. The molecule has 1 amide bonds. The minimum atomic E-state index is -0.968. The van der Waals surface area contributed by atoms with Crippen molar-refractivity contribution in [1.82, 2.24) is 4.90 Å². The lowest BCUT2D eigenvalue weighted by Crippen LogP contribution is -2.44. The van der Waals surface area contributed by atoms with Crippen LogP contribution in [0.4, 0.5) is 0 Å². The molecule has 0 aromatic rings. The van der Waals surface area contributed by atoms with Crippen LogP contribution in [0, 0.1) is 5.92 Å². The number of carboxylic acid groups (broad SMARTS) is 1. The molecule has 2 aliphatic rings. The first kappa shape index (κ1) is 14.3. The number of hydrogen-bond donors (Lipinski definition) is 1. The third kappa shape index (κ3) is 3.26. The quantitative estimate of drug-likeness (QED) is 0.846. The van der Waals surface area contributed by atoms with Gasteiger partial charge in [-0.3, -0.25) is 4.79 Å². The Morgan fingerprint density at radius 1 is 1.05 bits per heavy atom. The second-order valence-corrected chi connectivity index (χ2v) is 5.89. The zero-order chi connectivity index (χ0) is 14.0. The van der Waals surface area contributed by atoms with E-state index in [2.05, 4.69) is 6.92 Å².